The first kappa shape index (κ1) is 13.6. The van der Waals surface area contributed by atoms with Crippen LogP contribution < -0.4 is 5.43 Å². The monoisotopic (exact) mass is 270 g/mol. The van der Waals surface area contributed by atoms with Crippen molar-refractivity contribution in [3.8, 4) is 11.5 Å². The highest BCUT2D eigenvalue weighted by molar-refractivity contribution is 6.01. The summed E-state index contributed by atoms with van der Waals surface area (Å²) in [7, 11) is 0. The van der Waals surface area contributed by atoms with Gasteiger partial charge >= 0.3 is 0 Å². The van der Waals surface area contributed by atoms with Crippen LogP contribution in [0.25, 0.3) is 0 Å². The molecule has 0 radical (unpaired) electrons. The highest BCUT2D eigenvalue weighted by Gasteiger charge is 2.05. The molecule has 0 saturated heterocycles. The van der Waals surface area contributed by atoms with Crippen molar-refractivity contribution in [1.82, 2.24) is 5.43 Å². The number of hydrogen-bond donors (Lipinski definition) is 3. The van der Waals surface area contributed by atoms with Crippen molar-refractivity contribution < 1.29 is 15.0 Å². The highest BCUT2D eigenvalue weighted by atomic mass is 16.3. The zero-order valence-electron chi connectivity index (χ0n) is 10.9. The summed E-state index contributed by atoms with van der Waals surface area (Å²) >= 11 is 0. The predicted molar refractivity (Wildman–Crippen MR) is 75.9 cm³/mol. The minimum absolute atomic E-state index is 0.0981. The van der Waals surface area contributed by atoms with Gasteiger partial charge in [-0.3, -0.25) is 4.79 Å². The van der Waals surface area contributed by atoms with Gasteiger partial charge in [0.15, 0.2) is 0 Å². The molecule has 0 spiro atoms. The number of nitrogens with zero attached hydrogens (tertiary/aromatic N) is 1. The molecule has 0 aliphatic heterocycles. The van der Waals surface area contributed by atoms with E-state index in [4.69, 9.17) is 5.11 Å². The van der Waals surface area contributed by atoms with E-state index in [2.05, 4.69) is 10.5 Å². The molecule has 1 amide bonds. The zero-order valence-corrected chi connectivity index (χ0v) is 10.9. The van der Waals surface area contributed by atoms with E-state index in [0.717, 1.165) is 5.56 Å². The van der Waals surface area contributed by atoms with E-state index < -0.39 is 0 Å². The zero-order chi connectivity index (χ0) is 14.5. The van der Waals surface area contributed by atoms with Gasteiger partial charge in [0.1, 0.15) is 11.5 Å². The molecule has 3 N–H and O–H groups in total. The van der Waals surface area contributed by atoms with Crippen LogP contribution in [0, 0.1) is 0 Å². The lowest BCUT2D eigenvalue weighted by Gasteiger charge is -2.03. The molecule has 2 aromatic rings. The van der Waals surface area contributed by atoms with Gasteiger partial charge in [-0.1, -0.05) is 12.1 Å². The average Bonchev–Trinajstić information content (AvgIpc) is 2.45. The standard InChI is InChI=1S/C15H14N2O3/c1-10(12-3-2-4-14(19)9-12)16-17-15(20)11-5-7-13(18)8-6-11/h2-9,18-19H,1H3,(H,17,20). The summed E-state index contributed by atoms with van der Waals surface area (Å²) in [5.74, 6) is -0.132. The molecule has 0 unspecified atom stereocenters. The average molecular weight is 270 g/mol. The topological polar surface area (TPSA) is 81.9 Å². The number of phenolic OH excluding ortho intramolecular Hbond substituents is 2. The Balaban J connectivity index is 2.08. The fraction of sp³-hybridized carbons (Fsp3) is 0.0667. The smallest absolute Gasteiger partial charge is 0.271 e. The molecule has 0 heterocycles. The van der Waals surface area contributed by atoms with Crippen molar-refractivity contribution in [1.29, 1.82) is 0 Å². The van der Waals surface area contributed by atoms with E-state index in [1.807, 2.05) is 0 Å². The molecule has 0 aromatic heterocycles. The fourth-order valence-corrected chi connectivity index (χ4v) is 1.61. The number of hydrazone groups is 1. The molecule has 102 valence electrons. The summed E-state index contributed by atoms with van der Waals surface area (Å²) in [4.78, 5) is 11.8. The SMILES string of the molecule is CC(=NNC(=O)c1ccc(O)cc1)c1cccc(O)c1. The first-order valence-electron chi connectivity index (χ1n) is 5.99. The Morgan fingerprint density at radius 3 is 2.35 bits per heavy atom. The van der Waals surface area contributed by atoms with Gasteiger partial charge < -0.3 is 10.2 Å². The summed E-state index contributed by atoms with van der Waals surface area (Å²) < 4.78 is 0. The van der Waals surface area contributed by atoms with Crippen LogP contribution in [0.15, 0.2) is 53.6 Å². The quantitative estimate of drug-likeness (QED) is 0.591. The summed E-state index contributed by atoms with van der Waals surface area (Å²) in [5, 5.41) is 22.5. The molecule has 0 atom stereocenters. The van der Waals surface area contributed by atoms with Gasteiger partial charge in [-0.2, -0.15) is 5.10 Å². The third kappa shape index (κ3) is 3.35. The predicted octanol–water partition coefficient (Wildman–Crippen LogP) is 2.25. The molecule has 0 aliphatic carbocycles. The van der Waals surface area contributed by atoms with Crippen molar-refractivity contribution in [2.45, 2.75) is 6.92 Å². The number of nitrogens with one attached hydrogen (secondary N) is 1. The normalized spacial score (nSPS) is 11.2. The van der Waals surface area contributed by atoms with E-state index in [9.17, 15) is 9.90 Å². The van der Waals surface area contributed by atoms with Crippen molar-refractivity contribution in [3.63, 3.8) is 0 Å². The van der Waals surface area contributed by atoms with Crippen LogP contribution in [0.2, 0.25) is 0 Å². The van der Waals surface area contributed by atoms with Crippen molar-refractivity contribution >= 4 is 11.6 Å². The minimum Gasteiger partial charge on any atom is -0.508 e. The maximum Gasteiger partial charge on any atom is 0.271 e. The molecule has 2 aromatic carbocycles. The number of hydrogen-bond acceptors (Lipinski definition) is 4. The lowest BCUT2D eigenvalue weighted by atomic mass is 10.1. The Morgan fingerprint density at radius 2 is 1.70 bits per heavy atom. The lowest BCUT2D eigenvalue weighted by Crippen LogP contribution is -2.19. The van der Waals surface area contributed by atoms with Crippen LogP contribution in [0.3, 0.4) is 0 Å². The van der Waals surface area contributed by atoms with Crippen LogP contribution in [-0.4, -0.2) is 21.8 Å². The van der Waals surface area contributed by atoms with E-state index in [0.29, 0.717) is 11.3 Å². The molecule has 5 heteroatoms. The van der Waals surface area contributed by atoms with Crippen LogP contribution in [-0.2, 0) is 0 Å². The lowest BCUT2D eigenvalue weighted by molar-refractivity contribution is 0.0955. The van der Waals surface area contributed by atoms with E-state index >= 15 is 0 Å². The van der Waals surface area contributed by atoms with E-state index in [-0.39, 0.29) is 17.4 Å². The highest BCUT2D eigenvalue weighted by Crippen LogP contribution is 2.12. The van der Waals surface area contributed by atoms with Gasteiger partial charge in [-0.15, -0.1) is 0 Å². The summed E-state index contributed by atoms with van der Waals surface area (Å²) in [5.41, 5.74) is 4.12. The summed E-state index contributed by atoms with van der Waals surface area (Å²) in [6.45, 7) is 1.73. The molecule has 0 fully saturated rings. The Morgan fingerprint density at radius 1 is 1.00 bits per heavy atom. The van der Waals surface area contributed by atoms with Crippen molar-refractivity contribution in [3.05, 3.63) is 59.7 Å². The molecule has 20 heavy (non-hydrogen) atoms. The third-order valence-corrected chi connectivity index (χ3v) is 2.72. The largest absolute Gasteiger partial charge is 0.508 e. The Hall–Kier alpha value is -2.82. The second-order valence-corrected chi connectivity index (χ2v) is 4.24. The number of rotatable bonds is 3. The van der Waals surface area contributed by atoms with E-state index in [1.165, 1.54) is 24.3 Å². The van der Waals surface area contributed by atoms with E-state index in [1.54, 1.807) is 31.2 Å². The number of benzene rings is 2. The number of amides is 1. The number of aromatic hydroxyl groups is 2. The summed E-state index contributed by atoms with van der Waals surface area (Å²) in [6.07, 6.45) is 0. The molecule has 0 aliphatic rings. The van der Waals surface area contributed by atoms with Gasteiger partial charge in [0.2, 0.25) is 0 Å². The Kier molecular flexibility index (Phi) is 4.00. The fourth-order valence-electron chi connectivity index (χ4n) is 1.61. The Bertz CT molecular complexity index is 648. The Labute approximate surface area is 116 Å². The molecule has 0 saturated carbocycles. The minimum atomic E-state index is -0.371. The number of carbonyl (C=O) groups excluding carboxylic acids is 1. The molecular formula is C15H14N2O3. The molecular weight excluding hydrogens is 256 g/mol. The second kappa shape index (κ2) is 5.88. The van der Waals surface area contributed by atoms with Crippen LogP contribution >= 0.6 is 0 Å². The van der Waals surface area contributed by atoms with Crippen molar-refractivity contribution in [2.75, 3.05) is 0 Å². The number of phenols is 2. The third-order valence-electron chi connectivity index (χ3n) is 2.72. The van der Waals surface area contributed by atoms with Gasteiger partial charge in [0.05, 0.1) is 5.71 Å². The first-order chi connectivity index (χ1) is 9.56. The number of carbonyl (C=O) groups is 1. The maximum absolute atomic E-state index is 11.8. The van der Waals surface area contributed by atoms with Gasteiger partial charge in [0.25, 0.3) is 5.91 Å². The molecule has 2 rings (SSSR count). The summed E-state index contributed by atoms with van der Waals surface area (Å²) in [6, 6.07) is 12.5. The second-order valence-electron chi connectivity index (χ2n) is 4.24. The van der Waals surface area contributed by atoms with Crippen molar-refractivity contribution in [2.24, 2.45) is 5.10 Å². The maximum atomic E-state index is 11.8. The van der Waals surface area contributed by atoms with Crippen LogP contribution in [0.4, 0.5) is 0 Å². The van der Waals surface area contributed by atoms with Gasteiger partial charge in [-0.05, 0) is 43.3 Å². The van der Waals surface area contributed by atoms with Crippen LogP contribution in [0.1, 0.15) is 22.8 Å². The molecule has 5 nitrogen and oxygen atoms in total. The van der Waals surface area contributed by atoms with Gasteiger partial charge in [-0.25, -0.2) is 5.43 Å². The molecule has 0 bridgehead atoms. The van der Waals surface area contributed by atoms with Crippen LogP contribution in [0.5, 0.6) is 11.5 Å². The first-order valence-corrected chi connectivity index (χ1v) is 5.99. The van der Waals surface area contributed by atoms with Gasteiger partial charge in [0, 0.05) is 11.1 Å².